The third-order valence-electron chi connectivity index (χ3n) is 5.18. The van der Waals surface area contributed by atoms with Crippen molar-refractivity contribution in [1.82, 2.24) is 0 Å². The first-order valence-electron chi connectivity index (χ1n) is 10.3. The van der Waals surface area contributed by atoms with Crippen molar-refractivity contribution in [2.45, 2.75) is 0 Å². The van der Waals surface area contributed by atoms with Crippen molar-refractivity contribution >= 4 is 46.4 Å². The predicted octanol–water partition coefficient (Wildman–Crippen LogP) is 4.10. The molecular weight excluding hydrogens is 474 g/mol. The Bertz CT molecular complexity index is 1350. The first-order valence-corrected chi connectivity index (χ1v) is 10.7. The second kappa shape index (κ2) is 9.78. The first kappa shape index (κ1) is 23.7. The number of nitrogens with one attached hydrogen (secondary N) is 2. The van der Waals surface area contributed by atoms with Gasteiger partial charge in [-0.15, -0.1) is 0 Å². The van der Waals surface area contributed by atoms with Gasteiger partial charge in [0, 0.05) is 29.1 Å². The van der Waals surface area contributed by atoms with Crippen LogP contribution in [-0.2, 0) is 9.59 Å². The molecule has 1 aliphatic heterocycles. The Morgan fingerprint density at radius 1 is 0.914 bits per heavy atom. The number of phenols is 1. The second-order valence-corrected chi connectivity index (χ2v) is 7.76. The number of rotatable bonds is 7. The van der Waals surface area contributed by atoms with Crippen LogP contribution in [0.5, 0.6) is 17.2 Å². The van der Waals surface area contributed by atoms with Crippen molar-refractivity contribution in [3.63, 3.8) is 0 Å². The van der Waals surface area contributed by atoms with Crippen molar-refractivity contribution in [2.24, 2.45) is 0 Å². The molecule has 3 amide bonds. The van der Waals surface area contributed by atoms with E-state index in [-0.39, 0.29) is 33.8 Å². The number of amides is 3. The highest BCUT2D eigenvalue weighted by Crippen LogP contribution is 2.37. The number of anilines is 3. The minimum absolute atomic E-state index is 0.0320. The van der Waals surface area contributed by atoms with E-state index in [2.05, 4.69) is 10.6 Å². The summed E-state index contributed by atoms with van der Waals surface area (Å²) in [5, 5.41) is 14.8. The second-order valence-electron chi connectivity index (χ2n) is 7.38. The summed E-state index contributed by atoms with van der Waals surface area (Å²) < 4.78 is 10.5. The van der Waals surface area contributed by atoms with E-state index in [1.165, 1.54) is 32.4 Å². The quantitative estimate of drug-likeness (QED) is 0.424. The predicted molar refractivity (Wildman–Crippen MR) is 131 cm³/mol. The minimum Gasteiger partial charge on any atom is -0.508 e. The fourth-order valence-electron chi connectivity index (χ4n) is 3.44. The van der Waals surface area contributed by atoms with Crippen molar-refractivity contribution in [2.75, 3.05) is 29.8 Å². The Balaban J connectivity index is 1.51. The van der Waals surface area contributed by atoms with Crippen LogP contribution in [-0.4, -0.2) is 37.0 Å². The van der Waals surface area contributed by atoms with E-state index in [1.54, 1.807) is 48.5 Å². The minimum atomic E-state index is -0.704. The van der Waals surface area contributed by atoms with Crippen LogP contribution in [0.1, 0.15) is 10.4 Å². The fourth-order valence-corrected chi connectivity index (χ4v) is 3.65. The summed E-state index contributed by atoms with van der Waals surface area (Å²) in [4.78, 5) is 39.3. The molecule has 0 atom stereocenters. The fraction of sp³-hybridized carbons (Fsp3) is 0.0800. The lowest BCUT2D eigenvalue weighted by Gasteiger charge is -2.18. The standard InChI is InChI=1S/C25H20ClN3O6/c1-34-18-10-11-19(20(13-18)35-2)29-24(32)21(26)22(25(29)33)27-15-8-6-14(7-9-15)23(31)28-16-4-3-5-17(30)12-16/h3-13,27,30H,1-2H3,(H,28,31). The Morgan fingerprint density at radius 3 is 2.31 bits per heavy atom. The SMILES string of the molecule is COc1ccc(N2C(=O)C(Cl)=C(Nc3ccc(C(=O)Nc4cccc(O)c4)cc3)C2=O)c(OC)c1. The molecule has 0 bridgehead atoms. The maximum Gasteiger partial charge on any atom is 0.283 e. The summed E-state index contributed by atoms with van der Waals surface area (Å²) in [6.07, 6.45) is 0. The Morgan fingerprint density at radius 2 is 1.66 bits per heavy atom. The van der Waals surface area contributed by atoms with Gasteiger partial charge in [0.15, 0.2) is 0 Å². The summed E-state index contributed by atoms with van der Waals surface area (Å²) in [5.41, 5.74) is 1.34. The lowest BCUT2D eigenvalue weighted by Crippen LogP contribution is -2.32. The molecule has 0 aliphatic carbocycles. The molecule has 3 aromatic rings. The van der Waals surface area contributed by atoms with Crippen LogP contribution in [0.4, 0.5) is 17.1 Å². The molecule has 3 aromatic carbocycles. The van der Waals surface area contributed by atoms with E-state index in [0.717, 1.165) is 4.90 Å². The van der Waals surface area contributed by atoms with Gasteiger partial charge in [0.05, 0.1) is 19.9 Å². The van der Waals surface area contributed by atoms with Gasteiger partial charge >= 0.3 is 0 Å². The van der Waals surface area contributed by atoms with E-state index >= 15 is 0 Å². The summed E-state index contributed by atoms with van der Waals surface area (Å²) in [6, 6.07) is 17.1. The maximum atomic E-state index is 13.1. The lowest BCUT2D eigenvalue weighted by molar-refractivity contribution is -0.120. The van der Waals surface area contributed by atoms with Gasteiger partial charge in [0.25, 0.3) is 17.7 Å². The molecule has 0 saturated carbocycles. The van der Waals surface area contributed by atoms with Crippen molar-refractivity contribution in [3.05, 3.63) is 83.0 Å². The normalized spacial score (nSPS) is 13.2. The molecule has 0 saturated heterocycles. The highest BCUT2D eigenvalue weighted by atomic mass is 35.5. The van der Waals surface area contributed by atoms with Gasteiger partial charge in [-0.05, 0) is 48.5 Å². The molecular formula is C25H20ClN3O6. The van der Waals surface area contributed by atoms with Gasteiger partial charge in [-0.1, -0.05) is 17.7 Å². The highest BCUT2D eigenvalue weighted by Gasteiger charge is 2.40. The molecule has 0 aromatic heterocycles. The molecule has 0 unspecified atom stereocenters. The Labute approximate surface area is 205 Å². The molecule has 10 heteroatoms. The molecule has 0 radical (unpaired) electrons. The molecule has 1 heterocycles. The molecule has 1 aliphatic rings. The number of carbonyl (C=O) groups is 3. The summed E-state index contributed by atoms with van der Waals surface area (Å²) in [5.74, 6) is -0.957. The lowest BCUT2D eigenvalue weighted by atomic mass is 10.2. The highest BCUT2D eigenvalue weighted by molar-refractivity contribution is 6.53. The smallest absolute Gasteiger partial charge is 0.283 e. The Kier molecular flexibility index (Phi) is 6.61. The van der Waals surface area contributed by atoms with Crippen LogP contribution in [0.15, 0.2) is 77.5 Å². The number of halogens is 1. The third-order valence-corrected chi connectivity index (χ3v) is 5.53. The average molecular weight is 494 g/mol. The van der Waals surface area contributed by atoms with Crippen molar-refractivity contribution < 1.29 is 29.0 Å². The monoisotopic (exact) mass is 493 g/mol. The van der Waals surface area contributed by atoms with E-state index < -0.39 is 11.8 Å². The van der Waals surface area contributed by atoms with E-state index in [0.29, 0.717) is 22.7 Å². The number of hydrogen-bond acceptors (Lipinski definition) is 7. The number of phenolic OH excluding ortho intramolecular Hbond substituents is 1. The van der Waals surface area contributed by atoms with Crippen LogP contribution in [0, 0.1) is 0 Å². The zero-order valence-electron chi connectivity index (χ0n) is 18.7. The van der Waals surface area contributed by atoms with Crippen LogP contribution in [0.2, 0.25) is 0 Å². The average Bonchev–Trinajstić information content (AvgIpc) is 3.07. The van der Waals surface area contributed by atoms with Crippen LogP contribution < -0.4 is 25.0 Å². The third kappa shape index (κ3) is 4.75. The molecule has 3 N–H and O–H groups in total. The molecule has 0 fully saturated rings. The number of carbonyl (C=O) groups excluding carboxylic acids is 3. The maximum absolute atomic E-state index is 13.1. The Hall–Kier alpha value is -4.50. The summed E-state index contributed by atoms with van der Waals surface area (Å²) in [7, 11) is 2.90. The van der Waals surface area contributed by atoms with Crippen LogP contribution in [0.25, 0.3) is 0 Å². The number of aromatic hydroxyl groups is 1. The van der Waals surface area contributed by atoms with E-state index in [4.69, 9.17) is 21.1 Å². The van der Waals surface area contributed by atoms with Crippen LogP contribution in [0.3, 0.4) is 0 Å². The van der Waals surface area contributed by atoms with Gasteiger partial charge < -0.3 is 25.2 Å². The van der Waals surface area contributed by atoms with Crippen LogP contribution >= 0.6 is 11.6 Å². The number of nitrogens with zero attached hydrogens (tertiary/aromatic N) is 1. The number of imide groups is 1. The van der Waals surface area contributed by atoms with Crippen molar-refractivity contribution in [3.8, 4) is 17.2 Å². The van der Waals surface area contributed by atoms with Gasteiger partial charge in [-0.3, -0.25) is 14.4 Å². The van der Waals surface area contributed by atoms with Gasteiger partial charge in [-0.2, -0.15) is 0 Å². The van der Waals surface area contributed by atoms with Gasteiger partial charge in [0.2, 0.25) is 0 Å². The zero-order chi connectivity index (χ0) is 25.1. The van der Waals surface area contributed by atoms with Gasteiger partial charge in [0.1, 0.15) is 28.0 Å². The topological polar surface area (TPSA) is 117 Å². The number of hydrogen-bond donors (Lipinski definition) is 3. The molecule has 4 rings (SSSR count). The summed E-state index contributed by atoms with van der Waals surface area (Å²) in [6.45, 7) is 0. The first-order chi connectivity index (χ1) is 16.8. The molecule has 35 heavy (non-hydrogen) atoms. The number of methoxy groups -OCH3 is 2. The molecule has 9 nitrogen and oxygen atoms in total. The molecule has 178 valence electrons. The molecule has 0 spiro atoms. The zero-order valence-corrected chi connectivity index (χ0v) is 19.4. The number of benzene rings is 3. The van der Waals surface area contributed by atoms with Crippen molar-refractivity contribution in [1.29, 1.82) is 0 Å². The van der Waals surface area contributed by atoms with E-state index in [1.807, 2.05) is 0 Å². The van der Waals surface area contributed by atoms with Gasteiger partial charge in [-0.25, -0.2) is 4.90 Å². The largest absolute Gasteiger partial charge is 0.508 e. The summed E-state index contributed by atoms with van der Waals surface area (Å²) >= 11 is 6.21. The van der Waals surface area contributed by atoms with E-state index in [9.17, 15) is 19.5 Å². The number of ether oxygens (including phenoxy) is 2.